The Morgan fingerprint density at radius 3 is 2.38 bits per heavy atom. The number of rotatable bonds is 7. The summed E-state index contributed by atoms with van der Waals surface area (Å²) in [5, 5.41) is 2.87. The lowest BCUT2D eigenvalue weighted by molar-refractivity contribution is -0.114. The Bertz CT molecular complexity index is 1680. The molecule has 2 atom stereocenters. The van der Waals surface area contributed by atoms with E-state index in [2.05, 4.69) is 5.32 Å². The minimum absolute atomic E-state index is 0.119. The molecule has 8 nitrogen and oxygen atoms in total. The maximum absolute atomic E-state index is 14.3. The SMILES string of the molecule is CC(=O)Nc1cc2c(cc1OCc1ccccc1)N(S(=O)(=O)c1ccccc1)C(c1ccc3c(c1)OCO3)C2C. The Hall–Kier alpha value is -4.50. The van der Waals surface area contributed by atoms with Gasteiger partial charge in [-0.25, -0.2) is 8.42 Å². The summed E-state index contributed by atoms with van der Waals surface area (Å²) in [5.41, 5.74) is 3.46. The van der Waals surface area contributed by atoms with Crippen molar-refractivity contribution in [1.82, 2.24) is 0 Å². The molecule has 2 aliphatic rings. The lowest BCUT2D eigenvalue weighted by Gasteiger charge is -2.29. The number of ether oxygens (including phenoxy) is 3. The van der Waals surface area contributed by atoms with E-state index in [1.807, 2.05) is 55.5 Å². The predicted molar refractivity (Wildman–Crippen MR) is 151 cm³/mol. The number of carbonyl (C=O) groups excluding carboxylic acids is 1. The summed E-state index contributed by atoms with van der Waals surface area (Å²) in [4.78, 5) is 12.3. The topological polar surface area (TPSA) is 94.2 Å². The van der Waals surface area contributed by atoms with Gasteiger partial charge in [0.1, 0.15) is 12.4 Å². The maximum atomic E-state index is 14.3. The van der Waals surface area contributed by atoms with E-state index in [0.717, 1.165) is 16.7 Å². The summed E-state index contributed by atoms with van der Waals surface area (Å²) in [6, 6.07) is 26.5. The van der Waals surface area contributed by atoms with E-state index in [1.165, 1.54) is 11.2 Å². The van der Waals surface area contributed by atoms with Crippen molar-refractivity contribution in [2.24, 2.45) is 0 Å². The molecular weight excluding hydrogens is 528 g/mol. The number of nitrogens with zero attached hydrogens (tertiary/aromatic N) is 1. The van der Waals surface area contributed by atoms with Crippen molar-refractivity contribution in [2.45, 2.75) is 37.3 Å². The van der Waals surface area contributed by atoms with Gasteiger partial charge in [0.25, 0.3) is 10.0 Å². The molecule has 0 fully saturated rings. The molecule has 40 heavy (non-hydrogen) atoms. The Balaban J connectivity index is 1.50. The zero-order valence-corrected chi connectivity index (χ0v) is 22.9. The monoisotopic (exact) mass is 556 g/mol. The number of sulfonamides is 1. The standard InChI is InChI=1S/C31H28N2O6S/c1-20-25-16-26(32-21(2)34)29(37-18-22-9-5-3-6-10-22)17-27(25)33(40(35,36)24-11-7-4-8-12-24)31(20)23-13-14-28-30(15-23)39-19-38-28/h3-17,20,31H,18-19H2,1-2H3,(H,32,34). The highest BCUT2D eigenvalue weighted by molar-refractivity contribution is 7.92. The van der Waals surface area contributed by atoms with Crippen LogP contribution < -0.4 is 23.8 Å². The number of fused-ring (bicyclic) bond motifs is 2. The molecule has 0 aliphatic carbocycles. The number of hydrogen-bond donors (Lipinski definition) is 1. The average molecular weight is 557 g/mol. The Kier molecular flexibility index (Phi) is 6.59. The van der Waals surface area contributed by atoms with E-state index in [4.69, 9.17) is 14.2 Å². The van der Waals surface area contributed by atoms with Crippen molar-refractivity contribution >= 4 is 27.3 Å². The van der Waals surface area contributed by atoms with E-state index in [-0.39, 0.29) is 30.1 Å². The average Bonchev–Trinajstić information content (AvgIpc) is 3.54. The van der Waals surface area contributed by atoms with Gasteiger partial charge in [-0.05, 0) is 47.0 Å². The molecular formula is C31H28N2O6S. The summed E-state index contributed by atoms with van der Waals surface area (Å²) in [6.07, 6.45) is 0. The molecule has 2 unspecified atom stereocenters. The molecule has 9 heteroatoms. The molecule has 2 aliphatic heterocycles. The molecule has 6 rings (SSSR count). The molecule has 1 amide bonds. The number of hydrogen-bond acceptors (Lipinski definition) is 6. The number of amides is 1. The van der Waals surface area contributed by atoms with Crippen LogP contribution in [0.3, 0.4) is 0 Å². The van der Waals surface area contributed by atoms with Crippen LogP contribution >= 0.6 is 0 Å². The molecule has 0 saturated carbocycles. The van der Waals surface area contributed by atoms with Gasteiger partial charge >= 0.3 is 0 Å². The molecule has 4 aromatic rings. The molecule has 0 saturated heterocycles. The van der Waals surface area contributed by atoms with Crippen LogP contribution in [0, 0.1) is 0 Å². The molecule has 0 aromatic heterocycles. The highest BCUT2D eigenvalue weighted by Crippen LogP contribution is 2.54. The first-order chi connectivity index (χ1) is 19.3. The van der Waals surface area contributed by atoms with Crippen LogP contribution in [0.25, 0.3) is 0 Å². The zero-order chi connectivity index (χ0) is 27.9. The summed E-state index contributed by atoms with van der Waals surface area (Å²) in [5.74, 6) is 1.06. The second-order valence-corrected chi connectivity index (χ2v) is 11.6. The van der Waals surface area contributed by atoms with Crippen LogP contribution in [0.4, 0.5) is 11.4 Å². The lowest BCUT2D eigenvalue weighted by Crippen LogP contribution is -2.33. The van der Waals surface area contributed by atoms with Crippen molar-refractivity contribution < 1.29 is 27.4 Å². The van der Waals surface area contributed by atoms with Crippen molar-refractivity contribution in [3.05, 3.63) is 108 Å². The fraction of sp³-hybridized carbons (Fsp3) is 0.194. The van der Waals surface area contributed by atoms with Crippen molar-refractivity contribution in [1.29, 1.82) is 0 Å². The van der Waals surface area contributed by atoms with Gasteiger partial charge < -0.3 is 19.5 Å². The summed E-state index contributed by atoms with van der Waals surface area (Å²) in [7, 11) is -4.00. The van der Waals surface area contributed by atoms with Crippen molar-refractivity contribution in [2.75, 3.05) is 16.4 Å². The number of anilines is 2. The van der Waals surface area contributed by atoms with E-state index in [9.17, 15) is 13.2 Å². The van der Waals surface area contributed by atoms with Gasteiger partial charge in [0, 0.05) is 18.9 Å². The number of nitrogens with one attached hydrogen (secondary N) is 1. The first-order valence-corrected chi connectivity index (χ1v) is 14.4. The molecule has 0 radical (unpaired) electrons. The quantitative estimate of drug-likeness (QED) is 0.300. The van der Waals surface area contributed by atoms with Crippen LogP contribution in [0.5, 0.6) is 17.2 Å². The molecule has 204 valence electrons. The van der Waals surface area contributed by atoms with E-state index < -0.39 is 16.1 Å². The van der Waals surface area contributed by atoms with Gasteiger partial charge in [-0.2, -0.15) is 0 Å². The smallest absolute Gasteiger partial charge is 0.264 e. The van der Waals surface area contributed by atoms with E-state index in [0.29, 0.717) is 28.6 Å². The largest absolute Gasteiger partial charge is 0.487 e. The van der Waals surface area contributed by atoms with E-state index in [1.54, 1.807) is 42.5 Å². The summed E-state index contributed by atoms with van der Waals surface area (Å²) >= 11 is 0. The third kappa shape index (κ3) is 4.62. The van der Waals surface area contributed by atoms with Crippen LogP contribution in [-0.2, 0) is 21.4 Å². The normalized spacial score (nSPS) is 17.4. The number of carbonyl (C=O) groups is 1. The highest BCUT2D eigenvalue weighted by Gasteiger charge is 2.45. The first kappa shape index (κ1) is 25.8. The van der Waals surface area contributed by atoms with Crippen LogP contribution in [-0.4, -0.2) is 21.1 Å². The minimum Gasteiger partial charge on any atom is -0.487 e. The van der Waals surface area contributed by atoms with Crippen molar-refractivity contribution in [3.8, 4) is 17.2 Å². The molecule has 2 heterocycles. The summed E-state index contributed by atoms with van der Waals surface area (Å²) in [6.45, 7) is 3.78. The minimum atomic E-state index is -4.00. The fourth-order valence-corrected chi connectivity index (χ4v) is 7.06. The molecule has 1 N–H and O–H groups in total. The van der Waals surface area contributed by atoms with Gasteiger partial charge in [0.05, 0.1) is 22.3 Å². The van der Waals surface area contributed by atoms with Gasteiger partial charge in [-0.15, -0.1) is 0 Å². The van der Waals surface area contributed by atoms with Gasteiger partial charge in [0.15, 0.2) is 11.5 Å². The highest BCUT2D eigenvalue weighted by atomic mass is 32.2. The van der Waals surface area contributed by atoms with Gasteiger partial charge in [0.2, 0.25) is 12.7 Å². The van der Waals surface area contributed by atoms with Crippen molar-refractivity contribution in [3.63, 3.8) is 0 Å². The van der Waals surface area contributed by atoms with Crippen LogP contribution in [0.2, 0.25) is 0 Å². The third-order valence-corrected chi connectivity index (χ3v) is 8.98. The van der Waals surface area contributed by atoms with Gasteiger partial charge in [-0.1, -0.05) is 61.5 Å². The number of benzene rings is 4. The molecule has 0 spiro atoms. The third-order valence-electron chi connectivity index (χ3n) is 7.17. The second kappa shape index (κ2) is 10.2. The predicted octanol–water partition coefficient (Wildman–Crippen LogP) is 6.01. The maximum Gasteiger partial charge on any atom is 0.264 e. The lowest BCUT2D eigenvalue weighted by atomic mass is 9.91. The Labute approximate surface area is 233 Å². The van der Waals surface area contributed by atoms with E-state index >= 15 is 0 Å². The van der Waals surface area contributed by atoms with Crippen LogP contribution in [0.1, 0.15) is 42.5 Å². The Morgan fingerprint density at radius 1 is 0.950 bits per heavy atom. The zero-order valence-electron chi connectivity index (χ0n) is 22.0. The summed E-state index contributed by atoms with van der Waals surface area (Å²) < 4.78 is 47.3. The fourth-order valence-electron chi connectivity index (χ4n) is 5.31. The molecule has 4 aromatic carbocycles. The second-order valence-electron chi connectivity index (χ2n) is 9.82. The van der Waals surface area contributed by atoms with Gasteiger partial charge in [-0.3, -0.25) is 9.10 Å². The Morgan fingerprint density at radius 2 is 1.65 bits per heavy atom. The molecule has 0 bridgehead atoms. The first-order valence-electron chi connectivity index (χ1n) is 12.9. The van der Waals surface area contributed by atoms with Crippen LogP contribution in [0.15, 0.2) is 95.9 Å².